The van der Waals surface area contributed by atoms with Crippen molar-refractivity contribution in [3.63, 3.8) is 0 Å². The minimum atomic E-state index is -0.631. The van der Waals surface area contributed by atoms with E-state index in [0.717, 1.165) is 16.0 Å². The number of carbonyl (C=O) groups excluding carboxylic acids is 4. The summed E-state index contributed by atoms with van der Waals surface area (Å²) < 4.78 is 0. The van der Waals surface area contributed by atoms with Crippen molar-refractivity contribution < 1.29 is 19.2 Å². The van der Waals surface area contributed by atoms with Crippen molar-refractivity contribution in [3.05, 3.63) is 58.9 Å². The van der Waals surface area contributed by atoms with Crippen LogP contribution >= 0.6 is 11.8 Å². The Kier molecular flexibility index (Phi) is 5.54. The van der Waals surface area contributed by atoms with Crippen LogP contribution in [0.4, 0.5) is 0 Å². The second-order valence-electron chi connectivity index (χ2n) is 7.16. The lowest BCUT2D eigenvalue weighted by Gasteiger charge is -2.29. The number of amides is 4. The van der Waals surface area contributed by atoms with E-state index >= 15 is 0 Å². The molecule has 1 atom stereocenters. The van der Waals surface area contributed by atoms with Gasteiger partial charge in [-0.25, -0.2) is 0 Å². The monoisotopic (exact) mass is 424 g/mol. The normalized spacial score (nSPS) is 18.3. The lowest BCUT2D eigenvalue weighted by atomic mass is 10.0. The zero-order valence-electron chi connectivity index (χ0n) is 16.1. The van der Waals surface area contributed by atoms with Gasteiger partial charge < -0.3 is 10.6 Å². The van der Waals surface area contributed by atoms with E-state index in [2.05, 4.69) is 10.3 Å². The highest BCUT2D eigenvalue weighted by Gasteiger charge is 2.39. The smallest absolute Gasteiger partial charge is 0.267 e. The Balaban J connectivity index is 1.48. The van der Waals surface area contributed by atoms with E-state index in [4.69, 9.17) is 5.73 Å². The molecule has 0 radical (unpaired) electrons. The fourth-order valence-electron chi connectivity index (χ4n) is 3.83. The summed E-state index contributed by atoms with van der Waals surface area (Å²) in [5.41, 5.74) is 7.92. The number of carbonyl (C=O) groups is 4. The molecule has 8 nitrogen and oxygen atoms in total. The molecule has 0 saturated carbocycles. The molecule has 1 unspecified atom stereocenters. The van der Waals surface area contributed by atoms with Crippen molar-refractivity contribution in [1.82, 2.24) is 15.2 Å². The van der Waals surface area contributed by atoms with Gasteiger partial charge in [0.15, 0.2) is 0 Å². The first-order valence-electron chi connectivity index (χ1n) is 9.58. The van der Waals surface area contributed by atoms with Crippen LogP contribution in [0, 0.1) is 0 Å². The van der Waals surface area contributed by atoms with Crippen LogP contribution in [0.2, 0.25) is 0 Å². The number of thioether (sulfide) groups is 1. The van der Waals surface area contributed by atoms with E-state index in [9.17, 15) is 19.2 Å². The van der Waals surface area contributed by atoms with Gasteiger partial charge in [0.2, 0.25) is 11.8 Å². The van der Waals surface area contributed by atoms with Gasteiger partial charge in [-0.05, 0) is 42.2 Å². The summed E-state index contributed by atoms with van der Waals surface area (Å²) in [7, 11) is 0. The molecule has 4 rings (SSSR count). The van der Waals surface area contributed by atoms with Gasteiger partial charge in [0.25, 0.3) is 11.8 Å². The molecule has 0 spiro atoms. The number of benzene rings is 1. The van der Waals surface area contributed by atoms with Crippen molar-refractivity contribution in [1.29, 1.82) is 0 Å². The number of nitrogens with one attached hydrogen (secondary N) is 1. The number of hydrogen-bond donors (Lipinski definition) is 2. The lowest BCUT2D eigenvalue weighted by molar-refractivity contribution is -0.136. The number of fused-ring (bicyclic) bond motifs is 1. The summed E-state index contributed by atoms with van der Waals surface area (Å²) in [6.45, 7) is 0.336. The van der Waals surface area contributed by atoms with E-state index in [0.29, 0.717) is 30.7 Å². The third kappa shape index (κ3) is 3.80. The zero-order valence-corrected chi connectivity index (χ0v) is 16.9. The highest BCUT2D eigenvalue weighted by Crippen LogP contribution is 2.34. The van der Waals surface area contributed by atoms with Crippen LogP contribution in [0.15, 0.2) is 41.4 Å². The van der Waals surface area contributed by atoms with Gasteiger partial charge in [0, 0.05) is 35.4 Å². The summed E-state index contributed by atoms with van der Waals surface area (Å²) in [4.78, 5) is 54.6. The molecule has 0 bridgehead atoms. The predicted molar refractivity (Wildman–Crippen MR) is 110 cm³/mol. The molecule has 2 aromatic rings. The van der Waals surface area contributed by atoms with Crippen molar-refractivity contribution in [2.45, 2.75) is 36.7 Å². The van der Waals surface area contributed by atoms with E-state index < -0.39 is 17.9 Å². The summed E-state index contributed by atoms with van der Waals surface area (Å²) >= 11 is 1.58. The summed E-state index contributed by atoms with van der Waals surface area (Å²) in [5, 5.41) is 2.31. The average molecular weight is 424 g/mol. The molecular formula is C21H20N4O4S. The number of primary amides is 1. The van der Waals surface area contributed by atoms with Crippen LogP contribution in [0.5, 0.6) is 0 Å². The fraction of sp³-hybridized carbons (Fsp3) is 0.286. The Labute approximate surface area is 177 Å². The third-order valence-electron chi connectivity index (χ3n) is 5.29. The molecule has 1 saturated heterocycles. The first-order chi connectivity index (χ1) is 14.5. The van der Waals surface area contributed by atoms with Gasteiger partial charge in [-0.1, -0.05) is 12.1 Å². The van der Waals surface area contributed by atoms with E-state index in [-0.39, 0.29) is 23.9 Å². The predicted octanol–water partition coefficient (Wildman–Crippen LogP) is 1.28. The lowest BCUT2D eigenvalue weighted by Crippen LogP contribution is -2.52. The van der Waals surface area contributed by atoms with Gasteiger partial charge >= 0.3 is 0 Å². The number of rotatable bonds is 6. The Bertz CT molecular complexity index is 1060. The minimum absolute atomic E-state index is 0.190. The van der Waals surface area contributed by atoms with Gasteiger partial charge in [-0.15, -0.1) is 11.8 Å². The second-order valence-corrected chi connectivity index (χ2v) is 8.29. The molecule has 30 heavy (non-hydrogen) atoms. The largest absolute Gasteiger partial charge is 0.364 e. The maximum absolute atomic E-state index is 12.9. The quantitative estimate of drug-likeness (QED) is 0.532. The summed E-state index contributed by atoms with van der Waals surface area (Å²) in [6.07, 6.45) is 2.70. The van der Waals surface area contributed by atoms with E-state index in [1.54, 1.807) is 28.8 Å². The molecule has 1 fully saturated rings. The Morgan fingerprint density at radius 3 is 2.83 bits per heavy atom. The molecule has 1 aromatic heterocycles. The van der Waals surface area contributed by atoms with Gasteiger partial charge in [0.05, 0.1) is 0 Å². The van der Waals surface area contributed by atoms with Crippen LogP contribution in [-0.2, 0) is 22.6 Å². The van der Waals surface area contributed by atoms with Gasteiger partial charge in [-0.2, -0.15) is 0 Å². The SMILES string of the molecule is NC(=O)c1ncccc1CCSc1cccc2c1CN(C1CCC(=O)NC1=O)C2=O. The van der Waals surface area contributed by atoms with E-state index in [1.807, 2.05) is 18.2 Å². The van der Waals surface area contributed by atoms with Crippen molar-refractivity contribution in [2.24, 2.45) is 5.73 Å². The maximum atomic E-state index is 12.9. The number of aromatic nitrogens is 1. The summed E-state index contributed by atoms with van der Waals surface area (Å²) in [5.74, 6) is -0.791. The third-order valence-corrected chi connectivity index (χ3v) is 6.39. The summed E-state index contributed by atoms with van der Waals surface area (Å²) in [6, 6.07) is 8.50. The van der Waals surface area contributed by atoms with Crippen LogP contribution < -0.4 is 11.1 Å². The molecular weight excluding hydrogens is 404 g/mol. The molecule has 2 aliphatic heterocycles. The number of hydrogen-bond acceptors (Lipinski definition) is 6. The Morgan fingerprint density at radius 2 is 2.07 bits per heavy atom. The average Bonchev–Trinajstić information content (AvgIpc) is 3.06. The Morgan fingerprint density at radius 1 is 1.23 bits per heavy atom. The maximum Gasteiger partial charge on any atom is 0.267 e. The molecule has 3 N–H and O–H groups in total. The van der Waals surface area contributed by atoms with Crippen LogP contribution in [0.3, 0.4) is 0 Å². The second kappa shape index (κ2) is 8.27. The van der Waals surface area contributed by atoms with Gasteiger partial charge in [-0.3, -0.25) is 29.5 Å². The first-order valence-corrected chi connectivity index (χ1v) is 10.6. The standard InChI is InChI=1S/C21H20N4O4S/c22-19(27)18-12(3-2-9-23-18)8-10-30-16-5-1-4-13-14(16)11-25(21(13)29)15-6-7-17(26)24-20(15)28/h1-5,9,15H,6-8,10-11H2,(H2,22,27)(H,24,26,28). The van der Waals surface area contributed by atoms with Crippen molar-refractivity contribution >= 4 is 35.4 Å². The van der Waals surface area contributed by atoms with E-state index in [1.165, 1.54) is 6.20 Å². The number of aryl methyl sites for hydroxylation is 1. The molecule has 1 aromatic carbocycles. The van der Waals surface area contributed by atoms with Crippen LogP contribution in [0.1, 0.15) is 44.8 Å². The number of pyridine rings is 1. The molecule has 9 heteroatoms. The number of nitrogens with two attached hydrogens (primary N) is 1. The molecule has 3 heterocycles. The molecule has 0 aliphatic carbocycles. The van der Waals surface area contributed by atoms with Gasteiger partial charge in [0.1, 0.15) is 11.7 Å². The molecule has 4 amide bonds. The topological polar surface area (TPSA) is 122 Å². The van der Waals surface area contributed by atoms with Crippen molar-refractivity contribution in [3.8, 4) is 0 Å². The number of nitrogens with zero attached hydrogens (tertiary/aromatic N) is 2. The zero-order chi connectivity index (χ0) is 21.3. The minimum Gasteiger partial charge on any atom is -0.364 e. The fourth-order valence-corrected chi connectivity index (χ4v) is 4.89. The highest BCUT2D eigenvalue weighted by atomic mass is 32.2. The molecule has 2 aliphatic rings. The number of imide groups is 1. The first kappa shape index (κ1) is 20.1. The van der Waals surface area contributed by atoms with Crippen molar-refractivity contribution in [2.75, 3.05) is 5.75 Å². The number of piperidine rings is 1. The molecule has 154 valence electrons. The highest BCUT2D eigenvalue weighted by molar-refractivity contribution is 7.99. The van der Waals surface area contributed by atoms with Crippen LogP contribution in [0.25, 0.3) is 0 Å². The van der Waals surface area contributed by atoms with Crippen LogP contribution in [-0.4, -0.2) is 45.3 Å². The Hall–Kier alpha value is -3.20.